The molecule has 0 saturated carbocycles. The number of carbonyl (C=O) groups excluding carboxylic acids is 1. The molecule has 1 amide bonds. The molecule has 1 aromatic heterocycles. The number of hydrogen-bond acceptors (Lipinski definition) is 4. The molecule has 0 bridgehead atoms. The maximum atomic E-state index is 12.1. The van der Waals surface area contributed by atoms with Crippen molar-refractivity contribution in [2.45, 2.75) is 6.92 Å². The number of nitrogens with zero attached hydrogens (tertiary/aromatic N) is 1. The Morgan fingerprint density at radius 1 is 1.35 bits per heavy atom. The Morgan fingerprint density at radius 2 is 2.15 bits per heavy atom. The molecular weight excluding hydrogens is 254 g/mol. The van der Waals surface area contributed by atoms with Crippen LogP contribution in [0.15, 0.2) is 30.3 Å². The average molecular weight is 273 g/mol. The lowest BCUT2D eigenvalue weighted by molar-refractivity contribution is 0.0918. The lowest BCUT2D eigenvalue weighted by Crippen LogP contribution is -2.28. The fourth-order valence-electron chi connectivity index (χ4n) is 1.98. The van der Waals surface area contributed by atoms with Crippen molar-refractivity contribution in [1.29, 1.82) is 0 Å². The van der Waals surface area contributed by atoms with E-state index in [-0.39, 0.29) is 5.91 Å². The van der Waals surface area contributed by atoms with E-state index < -0.39 is 0 Å². The zero-order valence-electron chi connectivity index (χ0n) is 11.8. The fraction of sp³-hybridized carbons (Fsp3) is 0.333. The molecule has 2 aromatic rings. The van der Waals surface area contributed by atoms with Gasteiger partial charge in [0.2, 0.25) is 0 Å². The Kier molecular flexibility index (Phi) is 4.90. The largest absolute Gasteiger partial charge is 0.380 e. The molecule has 106 valence electrons. The molecule has 0 spiro atoms. The van der Waals surface area contributed by atoms with Gasteiger partial charge in [0, 0.05) is 25.6 Å². The standard InChI is InChI=1S/C15H19N3O2/c1-3-20-9-8-17-15(19)13-10-11-6-4-5-7-12(11)14(16-2)18-13/h4-7,10H,3,8-9H2,1-2H3,(H,16,18)(H,17,19). The van der Waals surface area contributed by atoms with Crippen molar-refractivity contribution >= 4 is 22.5 Å². The summed E-state index contributed by atoms with van der Waals surface area (Å²) in [6.45, 7) is 3.56. The van der Waals surface area contributed by atoms with E-state index in [0.29, 0.717) is 31.3 Å². The van der Waals surface area contributed by atoms with Crippen molar-refractivity contribution in [1.82, 2.24) is 10.3 Å². The minimum Gasteiger partial charge on any atom is -0.380 e. The first-order chi connectivity index (χ1) is 9.76. The number of pyridine rings is 1. The van der Waals surface area contributed by atoms with Crippen LogP contribution in [0.4, 0.5) is 5.82 Å². The van der Waals surface area contributed by atoms with Crippen LogP contribution >= 0.6 is 0 Å². The molecule has 5 heteroatoms. The van der Waals surface area contributed by atoms with Gasteiger partial charge in [-0.3, -0.25) is 4.79 Å². The van der Waals surface area contributed by atoms with Gasteiger partial charge in [0.05, 0.1) is 6.61 Å². The van der Waals surface area contributed by atoms with Gasteiger partial charge in [-0.05, 0) is 18.4 Å². The number of nitrogens with one attached hydrogen (secondary N) is 2. The smallest absolute Gasteiger partial charge is 0.270 e. The van der Waals surface area contributed by atoms with Gasteiger partial charge < -0.3 is 15.4 Å². The van der Waals surface area contributed by atoms with Gasteiger partial charge in [0.15, 0.2) is 0 Å². The van der Waals surface area contributed by atoms with Gasteiger partial charge in [-0.2, -0.15) is 0 Å². The van der Waals surface area contributed by atoms with Crippen molar-refractivity contribution in [2.24, 2.45) is 0 Å². The molecular formula is C15H19N3O2. The van der Waals surface area contributed by atoms with E-state index in [1.807, 2.05) is 31.2 Å². The lowest BCUT2D eigenvalue weighted by Gasteiger charge is -2.09. The first-order valence-corrected chi connectivity index (χ1v) is 6.69. The highest BCUT2D eigenvalue weighted by Gasteiger charge is 2.10. The number of anilines is 1. The van der Waals surface area contributed by atoms with Crippen LogP contribution in [0.1, 0.15) is 17.4 Å². The predicted molar refractivity (Wildman–Crippen MR) is 80.1 cm³/mol. The quantitative estimate of drug-likeness (QED) is 0.791. The molecule has 1 heterocycles. The second-order valence-electron chi connectivity index (χ2n) is 4.28. The maximum absolute atomic E-state index is 12.1. The number of rotatable bonds is 6. The number of carbonyl (C=O) groups is 1. The molecule has 0 aliphatic heterocycles. The summed E-state index contributed by atoms with van der Waals surface area (Å²) in [5.74, 6) is 0.519. The van der Waals surface area contributed by atoms with Crippen LogP contribution in [-0.4, -0.2) is 37.7 Å². The Bertz CT molecular complexity index is 599. The lowest BCUT2D eigenvalue weighted by atomic mass is 10.1. The van der Waals surface area contributed by atoms with E-state index in [9.17, 15) is 4.79 Å². The average Bonchev–Trinajstić information content (AvgIpc) is 2.50. The number of fused-ring (bicyclic) bond motifs is 1. The van der Waals surface area contributed by atoms with E-state index in [2.05, 4.69) is 15.6 Å². The van der Waals surface area contributed by atoms with Crippen molar-refractivity contribution < 1.29 is 9.53 Å². The van der Waals surface area contributed by atoms with Gasteiger partial charge in [-0.1, -0.05) is 24.3 Å². The maximum Gasteiger partial charge on any atom is 0.270 e. The number of hydrogen-bond donors (Lipinski definition) is 2. The Hall–Kier alpha value is -2.14. The normalized spacial score (nSPS) is 10.5. The van der Waals surface area contributed by atoms with Crippen LogP contribution in [0.5, 0.6) is 0 Å². The first-order valence-electron chi connectivity index (χ1n) is 6.69. The fourth-order valence-corrected chi connectivity index (χ4v) is 1.98. The van der Waals surface area contributed by atoms with Gasteiger partial charge in [-0.15, -0.1) is 0 Å². The van der Waals surface area contributed by atoms with Crippen LogP contribution in [0.2, 0.25) is 0 Å². The van der Waals surface area contributed by atoms with Crippen molar-refractivity contribution in [2.75, 3.05) is 32.1 Å². The Balaban J connectivity index is 2.19. The zero-order valence-corrected chi connectivity index (χ0v) is 11.8. The van der Waals surface area contributed by atoms with E-state index in [0.717, 1.165) is 10.8 Å². The number of amides is 1. The third-order valence-corrected chi connectivity index (χ3v) is 2.95. The summed E-state index contributed by atoms with van der Waals surface area (Å²) in [6, 6.07) is 9.64. The van der Waals surface area contributed by atoms with Gasteiger partial charge in [-0.25, -0.2) is 4.98 Å². The SMILES string of the molecule is CCOCCNC(=O)c1cc2ccccc2c(NC)n1. The van der Waals surface area contributed by atoms with E-state index in [1.165, 1.54) is 0 Å². The number of ether oxygens (including phenoxy) is 1. The summed E-state index contributed by atoms with van der Waals surface area (Å²) in [7, 11) is 1.80. The van der Waals surface area contributed by atoms with Gasteiger partial charge in [0.25, 0.3) is 5.91 Å². The molecule has 5 nitrogen and oxygen atoms in total. The molecule has 0 unspecified atom stereocenters. The van der Waals surface area contributed by atoms with Crippen LogP contribution in [-0.2, 0) is 4.74 Å². The molecule has 2 N–H and O–H groups in total. The second-order valence-corrected chi connectivity index (χ2v) is 4.28. The van der Waals surface area contributed by atoms with Crippen molar-refractivity contribution in [3.8, 4) is 0 Å². The topological polar surface area (TPSA) is 63.2 Å². The summed E-state index contributed by atoms with van der Waals surface area (Å²) in [6.07, 6.45) is 0. The summed E-state index contributed by atoms with van der Waals surface area (Å²) < 4.78 is 5.19. The van der Waals surface area contributed by atoms with E-state index >= 15 is 0 Å². The summed E-state index contributed by atoms with van der Waals surface area (Å²) >= 11 is 0. The molecule has 0 saturated heterocycles. The predicted octanol–water partition coefficient (Wildman–Crippen LogP) is 2.04. The Morgan fingerprint density at radius 3 is 2.90 bits per heavy atom. The third-order valence-electron chi connectivity index (χ3n) is 2.95. The van der Waals surface area contributed by atoms with Crippen LogP contribution in [0, 0.1) is 0 Å². The van der Waals surface area contributed by atoms with E-state index in [4.69, 9.17) is 4.74 Å². The summed E-state index contributed by atoms with van der Waals surface area (Å²) in [5.41, 5.74) is 0.407. The van der Waals surface area contributed by atoms with Crippen LogP contribution < -0.4 is 10.6 Å². The minimum atomic E-state index is -0.188. The summed E-state index contributed by atoms with van der Waals surface area (Å²) in [4.78, 5) is 16.4. The zero-order chi connectivity index (χ0) is 14.4. The van der Waals surface area contributed by atoms with E-state index in [1.54, 1.807) is 13.1 Å². The van der Waals surface area contributed by atoms with Gasteiger partial charge >= 0.3 is 0 Å². The van der Waals surface area contributed by atoms with Crippen molar-refractivity contribution in [3.63, 3.8) is 0 Å². The van der Waals surface area contributed by atoms with Crippen LogP contribution in [0.25, 0.3) is 10.8 Å². The highest BCUT2D eigenvalue weighted by Crippen LogP contribution is 2.21. The van der Waals surface area contributed by atoms with Crippen LogP contribution in [0.3, 0.4) is 0 Å². The monoisotopic (exact) mass is 273 g/mol. The molecule has 0 fully saturated rings. The molecule has 0 radical (unpaired) electrons. The molecule has 0 aliphatic rings. The highest BCUT2D eigenvalue weighted by atomic mass is 16.5. The number of aromatic nitrogens is 1. The molecule has 1 aromatic carbocycles. The van der Waals surface area contributed by atoms with Gasteiger partial charge in [0.1, 0.15) is 11.5 Å². The second kappa shape index (κ2) is 6.86. The third kappa shape index (κ3) is 3.24. The van der Waals surface area contributed by atoms with Crippen molar-refractivity contribution in [3.05, 3.63) is 36.0 Å². The minimum absolute atomic E-state index is 0.188. The molecule has 2 rings (SSSR count). The molecule has 0 aliphatic carbocycles. The summed E-state index contributed by atoms with van der Waals surface area (Å²) in [5, 5.41) is 7.81. The molecule has 0 atom stereocenters. The Labute approximate surface area is 118 Å². The highest BCUT2D eigenvalue weighted by molar-refractivity contribution is 6.00. The molecule has 20 heavy (non-hydrogen) atoms. The first kappa shape index (κ1) is 14.3. The number of benzene rings is 1.